The van der Waals surface area contributed by atoms with Gasteiger partial charge < -0.3 is 13.7 Å². The minimum absolute atomic E-state index is 0.530. The largest absolute Gasteiger partial charge is 0.309 e. The van der Waals surface area contributed by atoms with Crippen molar-refractivity contribution in [1.29, 1.82) is 0 Å². The molecule has 0 amide bonds. The van der Waals surface area contributed by atoms with Gasteiger partial charge in [0, 0.05) is 77.1 Å². The monoisotopic (exact) mass is 1030 g/mol. The van der Waals surface area contributed by atoms with Crippen LogP contribution in [-0.2, 0) is 0 Å². The van der Waals surface area contributed by atoms with Crippen molar-refractivity contribution in [1.82, 2.24) is 38.6 Å². The highest BCUT2D eigenvalue weighted by Gasteiger charge is 2.24. The van der Waals surface area contributed by atoms with Crippen LogP contribution in [-0.4, -0.2) is 38.6 Å². The Hall–Kier alpha value is -11.1. The van der Waals surface area contributed by atoms with Crippen molar-refractivity contribution in [3.05, 3.63) is 279 Å². The fourth-order valence-electron chi connectivity index (χ4n) is 12.0. The topological polar surface area (TPSA) is 79.2 Å². The van der Waals surface area contributed by atoms with E-state index in [1.54, 1.807) is 0 Å². The van der Waals surface area contributed by atoms with Crippen LogP contribution < -0.4 is 0 Å². The van der Waals surface area contributed by atoms with Crippen molar-refractivity contribution in [2.24, 2.45) is 0 Å². The highest BCUT2D eigenvalue weighted by molar-refractivity contribution is 6.14. The van der Waals surface area contributed by atoms with Crippen LogP contribution in [0.5, 0.6) is 0 Å². The number of fused-ring (bicyclic) bond motifs is 9. The van der Waals surface area contributed by atoms with Gasteiger partial charge in [0.15, 0.2) is 23.3 Å². The molecule has 5 aromatic heterocycles. The Labute approximate surface area is 465 Å². The molecule has 0 aliphatic heterocycles. The predicted molar refractivity (Wildman–Crippen MR) is 331 cm³/mol. The lowest BCUT2D eigenvalue weighted by Gasteiger charge is -2.17. The summed E-state index contributed by atoms with van der Waals surface area (Å²) in [6.45, 7) is 0. The third-order valence-electron chi connectivity index (χ3n) is 15.7. The van der Waals surface area contributed by atoms with E-state index in [0.29, 0.717) is 23.3 Å². The molecule has 0 atom stereocenters. The van der Waals surface area contributed by atoms with Gasteiger partial charge in [-0.3, -0.25) is 0 Å². The first-order chi connectivity index (χ1) is 40.2. The standard InChI is InChI=1S/C73H46N8/c1-5-21-47(22-6-1)61-46-62(48-23-7-2-8-24-48)75-73(74-61)60-43-51(72-77-70(49-25-9-3-10-26-49)76-71(78-72)50-27-11-4-12-28-50)37-42-67(60)81-68-44-52(79-63-33-17-13-29-54(63)55-30-14-18-34-64(55)79)38-40-58(68)59-41-39-53(45-69(59)81)80-65-35-19-15-31-56(65)57-32-16-20-36-66(57)80/h1-46H. The molecule has 16 rings (SSSR count). The van der Waals surface area contributed by atoms with Gasteiger partial charge in [-0.25, -0.2) is 24.9 Å². The van der Waals surface area contributed by atoms with Crippen LogP contribution in [0.15, 0.2) is 279 Å². The zero-order valence-corrected chi connectivity index (χ0v) is 43.6. The lowest BCUT2D eigenvalue weighted by Crippen LogP contribution is -2.04. The molecule has 0 unspecified atom stereocenters. The Morgan fingerprint density at radius 1 is 0.210 bits per heavy atom. The molecule has 81 heavy (non-hydrogen) atoms. The first kappa shape index (κ1) is 46.0. The van der Waals surface area contributed by atoms with Crippen molar-refractivity contribution in [3.63, 3.8) is 0 Å². The van der Waals surface area contributed by atoms with Crippen LogP contribution in [0.1, 0.15) is 0 Å². The van der Waals surface area contributed by atoms with Gasteiger partial charge in [0.1, 0.15) is 0 Å². The molecule has 378 valence electrons. The Bertz CT molecular complexity index is 4710. The molecule has 16 aromatic rings. The highest BCUT2D eigenvalue weighted by atomic mass is 15.1. The van der Waals surface area contributed by atoms with Crippen molar-refractivity contribution in [2.75, 3.05) is 0 Å². The molecule has 8 nitrogen and oxygen atoms in total. The molecule has 0 N–H and O–H groups in total. The number of nitrogens with zero attached hydrogens (tertiary/aromatic N) is 8. The number of hydrogen-bond donors (Lipinski definition) is 0. The van der Waals surface area contributed by atoms with Crippen molar-refractivity contribution >= 4 is 65.4 Å². The van der Waals surface area contributed by atoms with Crippen molar-refractivity contribution in [3.8, 4) is 85.1 Å². The molecule has 0 radical (unpaired) electrons. The van der Waals surface area contributed by atoms with E-state index in [9.17, 15) is 0 Å². The van der Waals surface area contributed by atoms with Gasteiger partial charge in [-0.1, -0.05) is 206 Å². The third kappa shape index (κ3) is 7.72. The lowest BCUT2D eigenvalue weighted by molar-refractivity contribution is 1.07. The maximum Gasteiger partial charge on any atom is 0.164 e. The van der Waals surface area contributed by atoms with Crippen LogP contribution in [0.25, 0.3) is 151 Å². The quantitative estimate of drug-likeness (QED) is 0.144. The van der Waals surface area contributed by atoms with Crippen molar-refractivity contribution < 1.29 is 0 Å². The zero-order valence-electron chi connectivity index (χ0n) is 43.6. The van der Waals surface area contributed by atoms with Crippen LogP contribution in [0.4, 0.5) is 0 Å². The molecule has 0 saturated heterocycles. The highest BCUT2D eigenvalue weighted by Crippen LogP contribution is 2.43. The maximum absolute atomic E-state index is 5.56. The average Bonchev–Trinajstić information content (AvgIpc) is 4.40. The smallest absolute Gasteiger partial charge is 0.164 e. The first-order valence-corrected chi connectivity index (χ1v) is 27.2. The van der Waals surface area contributed by atoms with E-state index in [2.05, 4.69) is 220 Å². The van der Waals surface area contributed by atoms with Crippen LogP contribution >= 0.6 is 0 Å². The Balaban J connectivity index is 1.02. The van der Waals surface area contributed by atoms with Gasteiger partial charge >= 0.3 is 0 Å². The summed E-state index contributed by atoms with van der Waals surface area (Å²) in [5, 5.41) is 7.04. The number of para-hydroxylation sites is 4. The van der Waals surface area contributed by atoms with E-state index >= 15 is 0 Å². The molecule has 0 aliphatic rings. The van der Waals surface area contributed by atoms with E-state index < -0.39 is 0 Å². The summed E-state index contributed by atoms with van der Waals surface area (Å²) in [4.78, 5) is 26.7. The summed E-state index contributed by atoms with van der Waals surface area (Å²) in [5.41, 5.74) is 16.5. The molecule has 0 bridgehead atoms. The molecule has 8 heteroatoms. The maximum atomic E-state index is 5.56. The van der Waals surface area contributed by atoms with Gasteiger partial charge in [0.05, 0.1) is 50.2 Å². The second-order valence-corrected chi connectivity index (χ2v) is 20.4. The van der Waals surface area contributed by atoms with Gasteiger partial charge in [-0.2, -0.15) is 0 Å². The lowest BCUT2D eigenvalue weighted by atomic mass is 10.0. The number of hydrogen-bond acceptors (Lipinski definition) is 5. The van der Waals surface area contributed by atoms with Gasteiger partial charge in [-0.15, -0.1) is 0 Å². The average molecular weight is 1040 g/mol. The summed E-state index contributed by atoms with van der Waals surface area (Å²) in [7, 11) is 0. The molecular formula is C73H46N8. The second-order valence-electron chi connectivity index (χ2n) is 20.4. The minimum Gasteiger partial charge on any atom is -0.309 e. The summed E-state index contributed by atoms with van der Waals surface area (Å²) in [5.74, 6) is 2.25. The fourth-order valence-corrected chi connectivity index (χ4v) is 12.0. The summed E-state index contributed by atoms with van der Waals surface area (Å²) >= 11 is 0. The van der Waals surface area contributed by atoms with Crippen LogP contribution in [0, 0.1) is 0 Å². The normalized spacial score (nSPS) is 11.7. The first-order valence-electron chi connectivity index (χ1n) is 27.2. The van der Waals surface area contributed by atoms with E-state index in [1.807, 2.05) is 72.8 Å². The van der Waals surface area contributed by atoms with Gasteiger partial charge in [-0.05, 0) is 72.8 Å². The van der Waals surface area contributed by atoms with Crippen molar-refractivity contribution in [2.45, 2.75) is 0 Å². The van der Waals surface area contributed by atoms with E-state index in [0.717, 1.165) is 106 Å². The van der Waals surface area contributed by atoms with Gasteiger partial charge in [0.2, 0.25) is 0 Å². The van der Waals surface area contributed by atoms with E-state index in [-0.39, 0.29) is 0 Å². The van der Waals surface area contributed by atoms with E-state index in [1.165, 1.54) is 21.5 Å². The second kappa shape index (κ2) is 18.8. The molecule has 5 heterocycles. The minimum atomic E-state index is 0.530. The SMILES string of the molecule is c1ccc(-c2cc(-c3ccccc3)nc(-c3cc(-c4nc(-c5ccccc5)nc(-c5ccccc5)n4)ccc3-n3c4cc(-n5c6ccccc6c6ccccc65)ccc4c4ccc(-n5c6ccccc6c6ccccc65)cc43)n2)cc1. The Morgan fingerprint density at radius 3 is 0.963 bits per heavy atom. The molecule has 11 aromatic carbocycles. The molecule has 0 spiro atoms. The number of rotatable bonds is 9. The summed E-state index contributed by atoms with van der Waals surface area (Å²) in [6.07, 6.45) is 0. The summed E-state index contributed by atoms with van der Waals surface area (Å²) in [6, 6.07) is 98.2. The fraction of sp³-hybridized carbons (Fsp3) is 0. The summed E-state index contributed by atoms with van der Waals surface area (Å²) < 4.78 is 7.22. The van der Waals surface area contributed by atoms with Crippen LogP contribution in [0.2, 0.25) is 0 Å². The molecule has 0 aliphatic carbocycles. The Morgan fingerprint density at radius 2 is 0.556 bits per heavy atom. The Kier molecular flexibility index (Phi) is 10.7. The van der Waals surface area contributed by atoms with Gasteiger partial charge in [0.25, 0.3) is 0 Å². The molecule has 0 fully saturated rings. The predicted octanol–water partition coefficient (Wildman–Crippen LogP) is 18.0. The molecular weight excluding hydrogens is 989 g/mol. The van der Waals surface area contributed by atoms with E-state index in [4.69, 9.17) is 24.9 Å². The van der Waals surface area contributed by atoms with Crippen LogP contribution in [0.3, 0.4) is 0 Å². The zero-order chi connectivity index (χ0) is 53.4. The third-order valence-corrected chi connectivity index (χ3v) is 15.7. The number of aromatic nitrogens is 8. The number of benzene rings is 11. The molecule has 0 saturated carbocycles.